The molecule has 5 heteroatoms. The molecule has 0 saturated carbocycles. The number of halogens is 2. The molecule has 1 atom stereocenters. The summed E-state index contributed by atoms with van der Waals surface area (Å²) in [7, 11) is 1.54. The molecule has 0 aliphatic carbocycles. The van der Waals surface area contributed by atoms with Crippen LogP contribution in [0.1, 0.15) is 11.6 Å². The van der Waals surface area contributed by atoms with Crippen LogP contribution in [-0.4, -0.2) is 13.7 Å². The van der Waals surface area contributed by atoms with Gasteiger partial charge in [-0.3, -0.25) is 11.3 Å². The molecule has 0 bridgehead atoms. The van der Waals surface area contributed by atoms with Crippen molar-refractivity contribution >= 4 is 15.9 Å². The third-order valence-electron chi connectivity index (χ3n) is 1.87. The van der Waals surface area contributed by atoms with E-state index in [1.165, 1.54) is 6.07 Å². The van der Waals surface area contributed by atoms with E-state index in [9.17, 15) is 4.39 Å². The molecule has 0 saturated heterocycles. The molecule has 0 heterocycles. The summed E-state index contributed by atoms with van der Waals surface area (Å²) >= 11 is 3.18. The molecule has 0 aliphatic rings. The van der Waals surface area contributed by atoms with E-state index in [1.54, 1.807) is 19.2 Å². The fourth-order valence-corrected chi connectivity index (χ4v) is 1.51. The Balaban J connectivity index is 2.92. The summed E-state index contributed by atoms with van der Waals surface area (Å²) in [6.45, 7) is 0.328. The van der Waals surface area contributed by atoms with Crippen molar-refractivity contribution in [2.45, 2.75) is 6.04 Å². The number of nitrogens with one attached hydrogen (secondary N) is 1. The van der Waals surface area contributed by atoms with Crippen LogP contribution in [0.4, 0.5) is 4.39 Å². The highest BCUT2D eigenvalue weighted by atomic mass is 79.9. The van der Waals surface area contributed by atoms with E-state index in [4.69, 9.17) is 10.6 Å². The second-order valence-corrected chi connectivity index (χ2v) is 3.76. The van der Waals surface area contributed by atoms with Crippen LogP contribution in [0.25, 0.3) is 0 Å². The second kappa shape index (κ2) is 5.41. The van der Waals surface area contributed by atoms with Crippen LogP contribution in [0, 0.1) is 5.82 Å². The monoisotopic (exact) mass is 262 g/mol. The number of nitrogens with two attached hydrogens (primary N) is 1. The van der Waals surface area contributed by atoms with Gasteiger partial charge in [-0.15, -0.1) is 0 Å². The Morgan fingerprint density at radius 1 is 1.64 bits per heavy atom. The summed E-state index contributed by atoms with van der Waals surface area (Å²) in [6.07, 6.45) is 0. The lowest BCUT2D eigenvalue weighted by molar-refractivity contribution is 0.165. The van der Waals surface area contributed by atoms with Crippen molar-refractivity contribution in [3.05, 3.63) is 34.1 Å². The summed E-state index contributed by atoms with van der Waals surface area (Å²) in [4.78, 5) is 0. The highest BCUT2D eigenvalue weighted by Crippen LogP contribution is 2.20. The SMILES string of the molecule is COCC(NN)c1ccc(Br)cc1F. The van der Waals surface area contributed by atoms with Gasteiger partial charge in [-0.05, 0) is 12.1 Å². The maximum absolute atomic E-state index is 13.4. The molecule has 1 rings (SSSR count). The number of ether oxygens (including phenoxy) is 1. The van der Waals surface area contributed by atoms with Crippen molar-refractivity contribution in [3.63, 3.8) is 0 Å². The van der Waals surface area contributed by atoms with E-state index in [-0.39, 0.29) is 11.9 Å². The van der Waals surface area contributed by atoms with E-state index >= 15 is 0 Å². The Morgan fingerprint density at radius 3 is 2.86 bits per heavy atom. The average Bonchev–Trinajstić information content (AvgIpc) is 2.15. The average molecular weight is 263 g/mol. The van der Waals surface area contributed by atoms with Crippen LogP contribution in [0.2, 0.25) is 0 Å². The Morgan fingerprint density at radius 2 is 2.36 bits per heavy atom. The molecule has 1 aromatic rings. The van der Waals surface area contributed by atoms with E-state index in [0.29, 0.717) is 16.6 Å². The van der Waals surface area contributed by atoms with Crippen molar-refractivity contribution in [1.29, 1.82) is 0 Å². The lowest BCUT2D eigenvalue weighted by Gasteiger charge is -2.15. The first-order valence-electron chi connectivity index (χ1n) is 4.09. The van der Waals surface area contributed by atoms with Crippen molar-refractivity contribution < 1.29 is 9.13 Å². The normalized spacial score (nSPS) is 12.9. The Labute approximate surface area is 90.5 Å². The van der Waals surface area contributed by atoms with Crippen LogP contribution in [0.5, 0.6) is 0 Å². The molecular formula is C9H12BrFN2O. The summed E-state index contributed by atoms with van der Waals surface area (Å²) in [5, 5.41) is 0. The maximum Gasteiger partial charge on any atom is 0.129 e. The van der Waals surface area contributed by atoms with Gasteiger partial charge in [-0.25, -0.2) is 4.39 Å². The van der Waals surface area contributed by atoms with Crippen molar-refractivity contribution in [3.8, 4) is 0 Å². The lowest BCUT2D eigenvalue weighted by atomic mass is 10.1. The minimum atomic E-state index is -0.326. The lowest BCUT2D eigenvalue weighted by Crippen LogP contribution is -2.31. The van der Waals surface area contributed by atoms with E-state index in [1.807, 2.05) is 0 Å². The van der Waals surface area contributed by atoms with Gasteiger partial charge in [-0.1, -0.05) is 22.0 Å². The number of rotatable bonds is 4. The zero-order valence-corrected chi connectivity index (χ0v) is 9.34. The molecule has 1 unspecified atom stereocenters. The topological polar surface area (TPSA) is 47.3 Å². The largest absolute Gasteiger partial charge is 0.383 e. The van der Waals surface area contributed by atoms with Gasteiger partial charge in [0.1, 0.15) is 5.82 Å². The standard InChI is InChI=1S/C9H12BrFN2O/c1-14-5-9(13-12)7-3-2-6(10)4-8(7)11/h2-4,9,13H,5,12H2,1H3. The molecule has 0 amide bonds. The first-order chi connectivity index (χ1) is 6.69. The van der Waals surface area contributed by atoms with Crippen LogP contribution in [0.15, 0.2) is 22.7 Å². The van der Waals surface area contributed by atoms with Crippen LogP contribution in [-0.2, 0) is 4.74 Å². The quantitative estimate of drug-likeness (QED) is 0.642. The number of methoxy groups -OCH3 is 1. The van der Waals surface area contributed by atoms with E-state index in [2.05, 4.69) is 21.4 Å². The Bertz CT molecular complexity index is 309. The molecule has 0 fully saturated rings. The van der Waals surface area contributed by atoms with Gasteiger partial charge in [0.15, 0.2) is 0 Å². The van der Waals surface area contributed by atoms with Gasteiger partial charge >= 0.3 is 0 Å². The Hall–Kier alpha value is -0.490. The molecular weight excluding hydrogens is 251 g/mol. The molecule has 0 aromatic heterocycles. The number of benzene rings is 1. The predicted molar refractivity (Wildman–Crippen MR) is 56.0 cm³/mol. The van der Waals surface area contributed by atoms with Crippen LogP contribution >= 0.6 is 15.9 Å². The summed E-state index contributed by atoms with van der Waals surface area (Å²) < 4.78 is 19.0. The second-order valence-electron chi connectivity index (χ2n) is 2.84. The molecule has 0 aliphatic heterocycles. The predicted octanol–water partition coefficient (Wildman–Crippen LogP) is 1.74. The number of hydrogen-bond acceptors (Lipinski definition) is 3. The van der Waals surface area contributed by atoms with Gasteiger partial charge in [0.05, 0.1) is 12.6 Å². The van der Waals surface area contributed by atoms with Gasteiger partial charge in [0.25, 0.3) is 0 Å². The zero-order chi connectivity index (χ0) is 10.6. The zero-order valence-electron chi connectivity index (χ0n) is 7.76. The van der Waals surface area contributed by atoms with Crippen LogP contribution in [0.3, 0.4) is 0 Å². The highest BCUT2D eigenvalue weighted by Gasteiger charge is 2.13. The van der Waals surface area contributed by atoms with Crippen molar-refractivity contribution in [2.75, 3.05) is 13.7 Å². The minimum absolute atomic E-state index is 0.306. The molecule has 0 spiro atoms. The van der Waals surface area contributed by atoms with Gasteiger partial charge < -0.3 is 4.74 Å². The van der Waals surface area contributed by atoms with Crippen molar-refractivity contribution in [2.24, 2.45) is 5.84 Å². The fourth-order valence-electron chi connectivity index (χ4n) is 1.18. The third-order valence-corrected chi connectivity index (χ3v) is 2.37. The first-order valence-corrected chi connectivity index (χ1v) is 4.88. The Kier molecular flexibility index (Phi) is 4.47. The molecule has 1 aromatic carbocycles. The molecule has 0 radical (unpaired) electrons. The smallest absolute Gasteiger partial charge is 0.129 e. The fraction of sp³-hybridized carbons (Fsp3) is 0.333. The minimum Gasteiger partial charge on any atom is -0.383 e. The highest BCUT2D eigenvalue weighted by molar-refractivity contribution is 9.10. The molecule has 78 valence electrons. The van der Waals surface area contributed by atoms with Gasteiger partial charge in [0.2, 0.25) is 0 Å². The third kappa shape index (κ3) is 2.75. The summed E-state index contributed by atoms with van der Waals surface area (Å²) in [6, 6.07) is 4.50. The molecule has 3 nitrogen and oxygen atoms in total. The van der Waals surface area contributed by atoms with Gasteiger partial charge in [0, 0.05) is 17.1 Å². The van der Waals surface area contributed by atoms with E-state index < -0.39 is 0 Å². The van der Waals surface area contributed by atoms with Crippen molar-refractivity contribution in [1.82, 2.24) is 5.43 Å². The number of hydrazine groups is 1. The van der Waals surface area contributed by atoms with Crippen LogP contribution < -0.4 is 11.3 Å². The summed E-state index contributed by atoms with van der Waals surface area (Å²) in [5.74, 6) is 4.98. The van der Waals surface area contributed by atoms with E-state index in [0.717, 1.165) is 0 Å². The first kappa shape index (κ1) is 11.6. The maximum atomic E-state index is 13.4. The molecule has 3 N–H and O–H groups in total. The van der Waals surface area contributed by atoms with Gasteiger partial charge in [-0.2, -0.15) is 0 Å². The number of hydrogen-bond donors (Lipinski definition) is 2. The molecule has 14 heavy (non-hydrogen) atoms. The summed E-state index contributed by atoms with van der Waals surface area (Å²) in [5.41, 5.74) is 3.00.